The topological polar surface area (TPSA) is 3.24 Å². The summed E-state index contributed by atoms with van der Waals surface area (Å²) < 4.78 is 51.9. The molecule has 0 aromatic carbocycles. The highest BCUT2D eigenvalue weighted by atomic mass is 19.3. The molecule has 0 bridgehead atoms. The second kappa shape index (κ2) is 5.12. The molecule has 1 aliphatic rings. The minimum absolute atomic E-state index is 0.142. The van der Waals surface area contributed by atoms with Crippen molar-refractivity contribution < 1.29 is 17.6 Å². The van der Waals surface area contributed by atoms with Gasteiger partial charge in [0.25, 0.3) is 12.3 Å². The number of hydrogen-bond donors (Lipinski definition) is 0. The summed E-state index contributed by atoms with van der Waals surface area (Å²) in [5.74, 6) is -2.89. The van der Waals surface area contributed by atoms with Crippen molar-refractivity contribution in [2.75, 3.05) is 19.6 Å². The van der Waals surface area contributed by atoms with Crippen LogP contribution >= 0.6 is 0 Å². The van der Waals surface area contributed by atoms with E-state index in [0.717, 1.165) is 6.92 Å². The number of piperidine rings is 1. The van der Waals surface area contributed by atoms with Crippen molar-refractivity contribution in [3.8, 4) is 0 Å². The Balaban J connectivity index is 2.69. The number of hydrogen-bond acceptors (Lipinski definition) is 1. The summed E-state index contributed by atoms with van der Waals surface area (Å²) in [5, 5.41) is 0. The van der Waals surface area contributed by atoms with E-state index in [2.05, 4.69) is 0 Å². The van der Waals surface area contributed by atoms with Gasteiger partial charge >= 0.3 is 0 Å². The molecule has 17 heavy (non-hydrogen) atoms. The van der Waals surface area contributed by atoms with Crippen LogP contribution in [0.2, 0.25) is 0 Å². The van der Waals surface area contributed by atoms with Gasteiger partial charge in [0.2, 0.25) is 0 Å². The highest BCUT2D eigenvalue weighted by Crippen LogP contribution is 2.50. The summed E-state index contributed by atoms with van der Waals surface area (Å²) in [6.07, 6.45) is -1.80. The molecule has 0 spiro atoms. The Morgan fingerprint density at radius 1 is 1.18 bits per heavy atom. The van der Waals surface area contributed by atoms with Crippen molar-refractivity contribution in [1.29, 1.82) is 0 Å². The average molecular weight is 255 g/mol. The molecule has 0 amide bonds. The van der Waals surface area contributed by atoms with Crippen LogP contribution in [0.4, 0.5) is 17.6 Å². The zero-order chi connectivity index (χ0) is 13.3. The standard InChI is InChI=1S/C12H21F4N/c1-9(2)12(11(3,15)16)4-6-17(7-5-12)8-10(13)14/h9-10H,4-8H2,1-3H3. The fourth-order valence-electron chi connectivity index (χ4n) is 2.85. The Bertz CT molecular complexity index is 239. The molecule has 5 heteroatoms. The molecule has 1 aliphatic heterocycles. The van der Waals surface area contributed by atoms with E-state index < -0.39 is 17.8 Å². The number of halogens is 4. The van der Waals surface area contributed by atoms with Crippen LogP contribution in [-0.4, -0.2) is 36.9 Å². The molecule has 1 heterocycles. The van der Waals surface area contributed by atoms with Crippen molar-refractivity contribution in [2.45, 2.75) is 46.0 Å². The largest absolute Gasteiger partial charge is 0.298 e. The maximum absolute atomic E-state index is 13.7. The molecule has 1 fully saturated rings. The number of likely N-dealkylation sites (tertiary alicyclic amines) is 1. The lowest BCUT2D eigenvalue weighted by atomic mass is 9.66. The Morgan fingerprint density at radius 2 is 1.65 bits per heavy atom. The van der Waals surface area contributed by atoms with Gasteiger partial charge in [0, 0.05) is 5.41 Å². The maximum atomic E-state index is 13.7. The molecule has 0 N–H and O–H groups in total. The predicted octanol–water partition coefficient (Wildman–Crippen LogP) is 3.64. The number of alkyl halides is 4. The first-order valence-corrected chi connectivity index (χ1v) is 6.07. The van der Waals surface area contributed by atoms with E-state index in [1.807, 2.05) is 0 Å². The van der Waals surface area contributed by atoms with E-state index in [-0.39, 0.29) is 12.5 Å². The minimum atomic E-state index is -2.75. The molecule has 0 unspecified atom stereocenters. The maximum Gasteiger partial charge on any atom is 0.251 e. The third-order valence-corrected chi connectivity index (χ3v) is 4.12. The van der Waals surface area contributed by atoms with Crippen LogP contribution in [0.3, 0.4) is 0 Å². The van der Waals surface area contributed by atoms with Gasteiger partial charge in [-0.15, -0.1) is 0 Å². The number of nitrogens with zero attached hydrogens (tertiary/aromatic N) is 1. The summed E-state index contributed by atoms with van der Waals surface area (Å²) in [6, 6.07) is 0. The van der Waals surface area contributed by atoms with Gasteiger partial charge in [0.1, 0.15) is 0 Å². The van der Waals surface area contributed by atoms with Crippen LogP contribution < -0.4 is 0 Å². The fraction of sp³-hybridized carbons (Fsp3) is 1.00. The molecule has 1 nitrogen and oxygen atoms in total. The van der Waals surface area contributed by atoms with Gasteiger partial charge < -0.3 is 0 Å². The van der Waals surface area contributed by atoms with Crippen LogP contribution in [0, 0.1) is 11.3 Å². The molecule has 1 rings (SSSR count). The highest BCUT2D eigenvalue weighted by molar-refractivity contribution is 4.96. The molecule has 0 aromatic rings. The van der Waals surface area contributed by atoms with E-state index in [1.54, 1.807) is 18.7 Å². The molecule has 0 radical (unpaired) electrons. The van der Waals surface area contributed by atoms with E-state index in [1.165, 1.54) is 0 Å². The van der Waals surface area contributed by atoms with Crippen LogP contribution in [0.15, 0.2) is 0 Å². The molecule has 0 atom stereocenters. The van der Waals surface area contributed by atoms with Crippen LogP contribution in [0.25, 0.3) is 0 Å². The Labute approximate surface area is 100 Å². The van der Waals surface area contributed by atoms with Gasteiger partial charge in [0.05, 0.1) is 6.54 Å². The first-order valence-electron chi connectivity index (χ1n) is 6.07. The van der Waals surface area contributed by atoms with Gasteiger partial charge in [-0.25, -0.2) is 17.6 Å². The van der Waals surface area contributed by atoms with E-state index in [4.69, 9.17) is 0 Å². The predicted molar refractivity (Wildman–Crippen MR) is 59.6 cm³/mol. The normalized spacial score (nSPS) is 22.4. The molecule has 0 aliphatic carbocycles. The average Bonchev–Trinajstić information content (AvgIpc) is 2.15. The van der Waals surface area contributed by atoms with Gasteiger partial charge in [-0.3, -0.25) is 4.90 Å². The molecular weight excluding hydrogens is 234 g/mol. The highest BCUT2D eigenvalue weighted by Gasteiger charge is 2.52. The molecule has 1 saturated heterocycles. The summed E-state index contributed by atoms with van der Waals surface area (Å²) in [6.45, 7) is 4.91. The first kappa shape index (κ1) is 14.7. The van der Waals surface area contributed by atoms with Crippen molar-refractivity contribution in [3.63, 3.8) is 0 Å². The van der Waals surface area contributed by atoms with E-state index in [9.17, 15) is 17.6 Å². The zero-order valence-corrected chi connectivity index (χ0v) is 10.6. The van der Waals surface area contributed by atoms with Crippen LogP contribution in [-0.2, 0) is 0 Å². The second-order valence-corrected chi connectivity index (χ2v) is 5.39. The lowest BCUT2D eigenvalue weighted by Crippen LogP contribution is -2.52. The van der Waals surface area contributed by atoms with Gasteiger partial charge in [-0.2, -0.15) is 0 Å². The third kappa shape index (κ3) is 3.12. The van der Waals surface area contributed by atoms with Gasteiger partial charge in [-0.1, -0.05) is 13.8 Å². The van der Waals surface area contributed by atoms with E-state index >= 15 is 0 Å². The Morgan fingerprint density at radius 3 is 1.94 bits per heavy atom. The summed E-state index contributed by atoms with van der Waals surface area (Å²) in [4.78, 5) is 1.58. The van der Waals surface area contributed by atoms with Crippen LogP contribution in [0.1, 0.15) is 33.6 Å². The van der Waals surface area contributed by atoms with Crippen molar-refractivity contribution in [1.82, 2.24) is 4.90 Å². The Kier molecular flexibility index (Phi) is 4.44. The monoisotopic (exact) mass is 255 g/mol. The fourth-order valence-corrected chi connectivity index (χ4v) is 2.85. The summed E-state index contributed by atoms with van der Waals surface area (Å²) in [5.41, 5.74) is -1.04. The Hall–Kier alpha value is -0.320. The van der Waals surface area contributed by atoms with Crippen LogP contribution in [0.5, 0.6) is 0 Å². The minimum Gasteiger partial charge on any atom is -0.298 e. The van der Waals surface area contributed by atoms with E-state index in [0.29, 0.717) is 25.9 Å². The first-order chi connectivity index (χ1) is 7.69. The summed E-state index contributed by atoms with van der Waals surface area (Å²) >= 11 is 0. The SMILES string of the molecule is CC(C)C1(C(C)(F)F)CCN(CC(F)F)CC1. The molecule has 0 aromatic heterocycles. The van der Waals surface area contributed by atoms with Gasteiger partial charge in [-0.05, 0) is 38.8 Å². The second-order valence-electron chi connectivity index (χ2n) is 5.39. The molecular formula is C12H21F4N. The molecule has 102 valence electrons. The number of rotatable bonds is 4. The summed E-state index contributed by atoms with van der Waals surface area (Å²) in [7, 11) is 0. The van der Waals surface area contributed by atoms with Crippen molar-refractivity contribution in [2.24, 2.45) is 11.3 Å². The lowest BCUT2D eigenvalue weighted by Gasteiger charge is -2.47. The van der Waals surface area contributed by atoms with Gasteiger partial charge in [0.15, 0.2) is 0 Å². The molecule has 0 saturated carbocycles. The smallest absolute Gasteiger partial charge is 0.251 e. The lowest BCUT2D eigenvalue weighted by molar-refractivity contribution is -0.157. The third-order valence-electron chi connectivity index (χ3n) is 4.12. The van der Waals surface area contributed by atoms with Crippen molar-refractivity contribution >= 4 is 0 Å². The zero-order valence-electron chi connectivity index (χ0n) is 10.6. The quantitative estimate of drug-likeness (QED) is 0.693. The van der Waals surface area contributed by atoms with Crippen molar-refractivity contribution in [3.05, 3.63) is 0 Å².